The number of urea groups is 1. The summed E-state index contributed by atoms with van der Waals surface area (Å²) in [6.07, 6.45) is 5.13. The highest BCUT2D eigenvalue weighted by atomic mass is 32.1. The number of piperidine rings is 1. The molecular formula is C19H23N3O3S. The number of nitrogens with one attached hydrogen (secondary N) is 1. The van der Waals surface area contributed by atoms with E-state index < -0.39 is 0 Å². The number of carbonyl (C=O) groups excluding carboxylic acids is 2. The summed E-state index contributed by atoms with van der Waals surface area (Å²) >= 11 is 1.67. The fourth-order valence-electron chi connectivity index (χ4n) is 3.86. The molecule has 0 aromatic carbocycles. The van der Waals surface area contributed by atoms with Crippen molar-refractivity contribution in [1.29, 1.82) is 0 Å². The van der Waals surface area contributed by atoms with E-state index in [9.17, 15) is 9.59 Å². The van der Waals surface area contributed by atoms with Crippen LogP contribution >= 0.6 is 11.3 Å². The van der Waals surface area contributed by atoms with Gasteiger partial charge in [0.15, 0.2) is 5.76 Å². The molecule has 6 nitrogen and oxygen atoms in total. The quantitative estimate of drug-likeness (QED) is 0.896. The lowest BCUT2D eigenvalue weighted by atomic mass is 10.0. The molecule has 0 radical (unpaired) electrons. The molecule has 1 atom stereocenters. The highest BCUT2D eigenvalue weighted by molar-refractivity contribution is 7.08. The van der Waals surface area contributed by atoms with E-state index in [-0.39, 0.29) is 24.0 Å². The van der Waals surface area contributed by atoms with Gasteiger partial charge in [-0.25, -0.2) is 4.79 Å². The number of thiophene rings is 1. The van der Waals surface area contributed by atoms with Crippen molar-refractivity contribution in [2.45, 2.75) is 37.8 Å². The van der Waals surface area contributed by atoms with E-state index >= 15 is 0 Å². The maximum atomic E-state index is 12.7. The second kappa shape index (κ2) is 7.53. The van der Waals surface area contributed by atoms with Crippen molar-refractivity contribution < 1.29 is 14.0 Å². The second-order valence-corrected chi connectivity index (χ2v) is 7.68. The molecule has 4 rings (SSSR count). The van der Waals surface area contributed by atoms with E-state index in [1.807, 2.05) is 4.90 Å². The summed E-state index contributed by atoms with van der Waals surface area (Å²) in [7, 11) is 0. The predicted octanol–water partition coefficient (Wildman–Crippen LogP) is 3.49. The van der Waals surface area contributed by atoms with Crippen LogP contribution in [0.5, 0.6) is 0 Å². The number of rotatable bonds is 3. The average molecular weight is 373 g/mol. The third-order valence-corrected chi connectivity index (χ3v) is 5.98. The van der Waals surface area contributed by atoms with Crippen molar-refractivity contribution in [3.63, 3.8) is 0 Å². The predicted molar refractivity (Wildman–Crippen MR) is 99.2 cm³/mol. The number of carbonyl (C=O) groups is 2. The summed E-state index contributed by atoms with van der Waals surface area (Å²) < 4.78 is 5.19. The molecule has 7 heteroatoms. The van der Waals surface area contributed by atoms with E-state index in [4.69, 9.17) is 4.42 Å². The molecule has 26 heavy (non-hydrogen) atoms. The summed E-state index contributed by atoms with van der Waals surface area (Å²) in [6.45, 7) is 2.08. The lowest BCUT2D eigenvalue weighted by molar-refractivity contribution is 0.0674. The van der Waals surface area contributed by atoms with Gasteiger partial charge in [0.1, 0.15) is 0 Å². The molecule has 2 aromatic rings. The number of hydrogen-bond acceptors (Lipinski definition) is 4. The fourth-order valence-corrected chi connectivity index (χ4v) is 4.57. The first-order valence-electron chi connectivity index (χ1n) is 9.14. The second-order valence-electron chi connectivity index (χ2n) is 6.90. The molecule has 1 N–H and O–H groups in total. The van der Waals surface area contributed by atoms with Crippen molar-refractivity contribution in [1.82, 2.24) is 15.1 Å². The molecular weight excluding hydrogens is 350 g/mol. The largest absolute Gasteiger partial charge is 0.459 e. The SMILES string of the molecule is O=C(c1ccco1)N1CCC(NC(=O)N2CCCC2c2ccsc2)CC1. The van der Waals surface area contributed by atoms with Crippen LogP contribution in [-0.4, -0.2) is 47.4 Å². The fraction of sp³-hybridized carbons (Fsp3) is 0.474. The summed E-state index contributed by atoms with van der Waals surface area (Å²) in [5.74, 6) is 0.306. The highest BCUT2D eigenvalue weighted by Crippen LogP contribution is 2.33. The van der Waals surface area contributed by atoms with Gasteiger partial charge in [0, 0.05) is 25.7 Å². The first kappa shape index (κ1) is 17.1. The van der Waals surface area contributed by atoms with Gasteiger partial charge in [-0.15, -0.1) is 0 Å². The summed E-state index contributed by atoms with van der Waals surface area (Å²) in [5.41, 5.74) is 1.24. The standard InChI is InChI=1S/C19H23N3O3S/c23-18(17-4-2-11-25-17)21-9-5-15(6-10-21)20-19(24)22-8-1-3-16(22)14-7-12-26-13-14/h2,4,7,11-13,15-16H,1,3,5-6,8-10H2,(H,20,24). The Labute approximate surface area is 156 Å². The van der Waals surface area contributed by atoms with Gasteiger partial charge in [0.05, 0.1) is 12.3 Å². The van der Waals surface area contributed by atoms with Crippen LogP contribution in [0.1, 0.15) is 47.8 Å². The van der Waals surface area contributed by atoms with Crippen LogP contribution in [0, 0.1) is 0 Å². The number of furan rings is 1. The van der Waals surface area contributed by atoms with E-state index in [1.165, 1.54) is 11.8 Å². The van der Waals surface area contributed by atoms with Gasteiger partial charge in [-0.1, -0.05) is 0 Å². The maximum Gasteiger partial charge on any atom is 0.318 e. The normalized spacial score (nSPS) is 21.2. The van der Waals surface area contributed by atoms with E-state index in [0.29, 0.717) is 18.8 Å². The van der Waals surface area contributed by atoms with Crippen LogP contribution in [0.4, 0.5) is 4.79 Å². The zero-order chi connectivity index (χ0) is 17.9. The first-order valence-corrected chi connectivity index (χ1v) is 10.1. The lowest BCUT2D eigenvalue weighted by Crippen LogP contribution is -2.50. The van der Waals surface area contributed by atoms with Gasteiger partial charge in [-0.3, -0.25) is 4.79 Å². The molecule has 0 bridgehead atoms. The number of hydrogen-bond donors (Lipinski definition) is 1. The third-order valence-electron chi connectivity index (χ3n) is 5.28. The molecule has 0 saturated carbocycles. The summed E-state index contributed by atoms with van der Waals surface area (Å²) in [6, 6.07) is 5.86. The minimum absolute atomic E-state index is 0.0227. The van der Waals surface area contributed by atoms with E-state index in [2.05, 4.69) is 22.1 Å². The van der Waals surface area contributed by atoms with Gasteiger partial charge in [0.2, 0.25) is 0 Å². The monoisotopic (exact) mass is 373 g/mol. The molecule has 2 fully saturated rings. The third kappa shape index (κ3) is 3.49. The van der Waals surface area contributed by atoms with Crippen LogP contribution in [0.25, 0.3) is 0 Å². The Balaban J connectivity index is 1.30. The van der Waals surface area contributed by atoms with Gasteiger partial charge in [0.25, 0.3) is 5.91 Å². The minimum atomic E-state index is -0.0724. The lowest BCUT2D eigenvalue weighted by Gasteiger charge is -2.33. The van der Waals surface area contributed by atoms with Crippen LogP contribution in [0.3, 0.4) is 0 Å². The molecule has 0 spiro atoms. The Hall–Kier alpha value is -2.28. The van der Waals surface area contributed by atoms with Gasteiger partial charge < -0.3 is 19.5 Å². The molecule has 138 valence electrons. The molecule has 2 saturated heterocycles. The first-order chi connectivity index (χ1) is 12.7. The van der Waals surface area contributed by atoms with Crippen molar-refractivity contribution in [2.24, 2.45) is 0 Å². The highest BCUT2D eigenvalue weighted by Gasteiger charge is 2.32. The zero-order valence-electron chi connectivity index (χ0n) is 14.6. The topological polar surface area (TPSA) is 65.8 Å². The van der Waals surface area contributed by atoms with Gasteiger partial charge in [-0.2, -0.15) is 11.3 Å². The summed E-state index contributed by atoms with van der Waals surface area (Å²) in [5, 5.41) is 7.37. The van der Waals surface area contributed by atoms with Crippen molar-refractivity contribution in [3.8, 4) is 0 Å². The number of amides is 3. The number of likely N-dealkylation sites (tertiary alicyclic amines) is 2. The molecule has 2 aromatic heterocycles. The van der Waals surface area contributed by atoms with Crippen LogP contribution in [-0.2, 0) is 0 Å². The molecule has 1 unspecified atom stereocenters. The molecule has 4 heterocycles. The Bertz CT molecular complexity index is 736. The molecule has 2 aliphatic heterocycles. The van der Waals surface area contributed by atoms with Gasteiger partial charge in [-0.05, 0) is 60.2 Å². The zero-order valence-corrected chi connectivity index (χ0v) is 15.4. The maximum absolute atomic E-state index is 12.7. The van der Waals surface area contributed by atoms with Gasteiger partial charge >= 0.3 is 6.03 Å². The average Bonchev–Trinajstić information content (AvgIpc) is 3.43. The van der Waals surface area contributed by atoms with E-state index in [1.54, 1.807) is 28.4 Å². The Morgan fingerprint density at radius 1 is 1.15 bits per heavy atom. The minimum Gasteiger partial charge on any atom is -0.459 e. The van der Waals surface area contributed by atoms with Crippen molar-refractivity contribution in [2.75, 3.05) is 19.6 Å². The Kier molecular flexibility index (Phi) is 4.97. The Morgan fingerprint density at radius 2 is 2.00 bits per heavy atom. The Morgan fingerprint density at radius 3 is 2.69 bits per heavy atom. The summed E-state index contributed by atoms with van der Waals surface area (Å²) in [4.78, 5) is 28.8. The van der Waals surface area contributed by atoms with Crippen LogP contribution in [0.15, 0.2) is 39.6 Å². The molecule has 3 amide bonds. The molecule has 0 aliphatic carbocycles. The van der Waals surface area contributed by atoms with Crippen molar-refractivity contribution >= 4 is 23.3 Å². The molecule has 2 aliphatic rings. The van der Waals surface area contributed by atoms with Crippen LogP contribution in [0.2, 0.25) is 0 Å². The van der Waals surface area contributed by atoms with Crippen molar-refractivity contribution in [3.05, 3.63) is 46.5 Å². The van der Waals surface area contributed by atoms with E-state index in [0.717, 1.165) is 32.2 Å². The number of nitrogens with zero attached hydrogens (tertiary/aromatic N) is 2. The van der Waals surface area contributed by atoms with Crippen LogP contribution < -0.4 is 5.32 Å². The smallest absolute Gasteiger partial charge is 0.318 e.